The number of aromatic hydroxyl groups is 1. The normalized spacial score (nSPS) is 25.9. The number of anilines is 1. The van der Waals surface area contributed by atoms with Gasteiger partial charge in [-0.25, -0.2) is 4.79 Å². The molecule has 1 aromatic carbocycles. The van der Waals surface area contributed by atoms with E-state index in [-0.39, 0.29) is 36.1 Å². The predicted octanol–water partition coefficient (Wildman–Crippen LogP) is 0.987. The number of unbranched alkanes of at least 4 members (excludes halogenated alkanes) is 1. The Hall–Kier alpha value is -3.90. The third kappa shape index (κ3) is 4.13. The van der Waals surface area contributed by atoms with Crippen molar-refractivity contribution in [3.8, 4) is 5.75 Å². The summed E-state index contributed by atoms with van der Waals surface area (Å²) in [7, 11) is 6.51. The summed E-state index contributed by atoms with van der Waals surface area (Å²) in [4.78, 5) is 55.3. The number of hydrogen-bond acceptors (Lipinski definition) is 11. The van der Waals surface area contributed by atoms with E-state index >= 15 is 0 Å². The molecule has 12 nitrogen and oxygen atoms in total. The number of carbonyl (C=O) groups is 4. The summed E-state index contributed by atoms with van der Waals surface area (Å²) in [6.45, 7) is 2.06. The summed E-state index contributed by atoms with van der Waals surface area (Å²) in [6, 6.07) is 0.293. The van der Waals surface area contributed by atoms with Crippen LogP contribution in [0.3, 0.4) is 0 Å². The summed E-state index contributed by atoms with van der Waals surface area (Å²) in [5, 5.41) is 45.3. The van der Waals surface area contributed by atoms with Gasteiger partial charge in [-0.15, -0.1) is 0 Å². The molecule has 1 unspecified atom stereocenters. The zero-order chi connectivity index (χ0) is 29.8. The van der Waals surface area contributed by atoms with E-state index in [1.54, 1.807) is 19.0 Å². The van der Waals surface area contributed by atoms with Gasteiger partial charge in [0, 0.05) is 31.3 Å². The minimum atomic E-state index is -2.73. The number of ketones is 2. The van der Waals surface area contributed by atoms with Crippen LogP contribution in [0, 0.1) is 11.8 Å². The highest BCUT2D eigenvalue weighted by Crippen LogP contribution is 2.54. The Kier molecular flexibility index (Phi) is 7.46. The number of rotatable bonds is 7. The number of fused-ring (bicyclic) bond motifs is 3. The molecule has 4 rings (SSSR count). The maximum atomic E-state index is 14.0. The fraction of sp³-hybridized carbons (Fsp3) is 0.500. The quantitative estimate of drug-likeness (QED) is 0.182. The molecule has 3 aliphatic carbocycles. The van der Waals surface area contributed by atoms with Gasteiger partial charge in [-0.05, 0) is 50.9 Å². The van der Waals surface area contributed by atoms with Gasteiger partial charge in [-0.1, -0.05) is 13.3 Å². The van der Waals surface area contributed by atoms with Gasteiger partial charge in [0.05, 0.1) is 18.2 Å². The maximum absolute atomic E-state index is 14.0. The molecule has 3 aliphatic rings. The number of hydrogen-bond donors (Lipinski definition) is 5. The van der Waals surface area contributed by atoms with Gasteiger partial charge < -0.3 is 35.8 Å². The number of phenolic OH excluding ortho intramolecular Hbond substituents is 1. The summed E-state index contributed by atoms with van der Waals surface area (Å²) in [5.41, 5.74) is 2.03. The lowest BCUT2D eigenvalue weighted by molar-refractivity contribution is -0.153. The van der Waals surface area contributed by atoms with Gasteiger partial charge in [0.25, 0.3) is 5.91 Å². The number of primary amides is 1. The number of esters is 1. The van der Waals surface area contributed by atoms with Crippen LogP contribution in [0.1, 0.15) is 47.7 Å². The Morgan fingerprint density at radius 2 is 1.80 bits per heavy atom. The van der Waals surface area contributed by atoms with E-state index in [2.05, 4.69) is 0 Å². The van der Waals surface area contributed by atoms with Gasteiger partial charge in [0.15, 0.2) is 11.4 Å². The molecule has 0 heterocycles. The van der Waals surface area contributed by atoms with Crippen LogP contribution in [0.15, 0.2) is 23.0 Å². The van der Waals surface area contributed by atoms with E-state index in [4.69, 9.17) is 10.5 Å². The molecule has 0 saturated heterocycles. The molecule has 1 saturated carbocycles. The van der Waals surface area contributed by atoms with E-state index in [0.29, 0.717) is 17.7 Å². The van der Waals surface area contributed by atoms with Gasteiger partial charge in [-0.3, -0.25) is 19.3 Å². The molecule has 1 aromatic rings. The minimum Gasteiger partial charge on any atom is -0.508 e. The van der Waals surface area contributed by atoms with Crippen LogP contribution in [0.25, 0.3) is 5.76 Å². The number of aliphatic hydroxyl groups is 3. The average molecular weight is 558 g/mol. The van der Waals surface area contributed by atoms with Crippen LogP contribution < -0.4 is 10.6 Å². The number of carbonyl (C=O) groups excluding carboxylic acids is 4. The van der Waals surface area contributed by atoms with Crippen LogP contribution in [0.2, 0.25) is 0 Å². The van der Waals surface area contributed by atoms with Gasteiger partial charge in [-0.2, -0.15) is 0 Å². The van der Waals surface area contributed by atoms with E-state index in [0.717, 1.165) is 6.42 Å². The largest absolute Gasteiger partial charge is 0.508 e. The van der Waals surface area contributed by atoms with Crippen LogP contribution in [0.4, 0.5) is 5.69 Å². The number of phenols is 1. The van der Waals surface area contributed by atoms with Crippen molar-refractivity contribution in [1.82, 2.24) is 4.90 Å². The standard InChI is InChI=1S/C28H35N3O9/c1-6-7-8-40-27(38)14-11-16(30(2)3)13-9-12-10-15-20(31(4)5)23(34)19(26(29)37)25(36)28(15,39)24(35)17(12)22(33)18(13)21(14)32/h11-12,15,20,32-33,36,39H,6-10H2,1-5H3,(H2,29,37)/t12-,15-,20-,28?/m0/s1. The molecule has 0 aromatic heterocycles. The SMILES string of the molecule is CCCCOC(=O)c1cc(N(C)C)c2c(c1O)C(O)=C1C(=O)C3(O)C(O)=C(C(N)=O)C(=O)[C@@H](N(C)C)[C@@H]3C[C@@H]1C2. The molecular weight excluding hydrogens is 522 g/mol. The maximum Gasteiger partial charge on any atom is 0.342 e. The Morgan fingerprint density at radius 3 is 2.35 bits per heavy atom. The van der Waals surface area contributed by atoms with Crippen LogP contribution >= 0.6 is 0 Å². The molecule has 0 spiro atoms. The first-order chi connectivity index (χ1) is 18.7. The molecule has 12 heteroatoms. The second-order valence-electron chi connectivity index (χ2n) is 11.0. The minimum absolute atomic E-state index is 0.0276. The first-order valence-corrected chi connectivity index (χ1v) is 13.1. The predicted molar refractivity (Wildman–Crippen MR) is 144 cm³/mol. The fourth-order valence-electron chi connectivity index (χ4n) is 6.23. The monoisotopic (exact) mass is 557 g/mol. The second kappa shape index (κ2) is 10.3. The number of likely N-dealkylation sites (N-methyl/N-ethyl adjacent to an activating group) is 1. The van der Waals surface area contributed by atoms with Crippen molar-refractivity contribution in [2.75, 3.05) is 39.7 Å². The number of aliphatic hydroxyl groups excluding tert-OH is 2. The van der Waals surface area contributed by atoms with Crippen molar-refractivity contribution in [2.45, 2.75) is 44.2 Å². The first-order valence-electron chi connectivity index (χ1n) is 13.1. The lowest BCUT2D eigenvalue weighted by Crippen LogP contribution is -2.65. The van der Waals surface area contributed by atoms with Gasteiger partial charge in [0.2, 0.25) is 5.78 Å². The summed E-state index contributed by atoms with van der Waals surface area (Å²) in [6.07, 6.45) is 1.48. The highest BCUT2D eigenvalue weighted by atomic mass is 16.5. The Balaban J connectivity index is 1.95. The van der Waals surface area contributed by atoms with Gasteiger partial charge >= 0.3 is 5.97 Å². The lowest BCUT2D eigenvalue weighted by atomic mass is 9.57. The molecule has 0 aliphatic heterocycles. The Bertz CT molecular complexity index is 1380. The molecule has 4 atom stereocenters. The van der Waals surface area contributed by atoms with E-state index in [1.807, 2.05) is 6.92 Å². The van der Waals surface area contributed by atoms with Crippen molar-refractivity contribution in [2.24, 2.45) is 17.6 Å². The number of nitrogens with two attached hydrogens (primary N) is 1. The van der Waals surface area contributed by atoms with Crippen molar-refractivity contribution >= 4 is 34.9 Å². The summed E-state index contributed by atoms with van der Waals surface area (Å²) < 4.78 is 5.28. The molecular formula is C28H35N3O9. The van der Waals surface area contributed by atoms with E-state index < -0.39 is 69.8 Å². The van der Waals surface area contributed by atoms with Crippen LogP contribution in [-0.4, -0.2) is 95.2 Å². The van der Waals surface area contributed by atoms with E-state index in [9.17, 15) is 39.6 Å². The molecule has 1 amide bonds. The number of nitrogens with zero attached hydrogens (tertiary/aromatic N) is 2. The summed E-state index contributed by atoms with van der Waals surface area (Å²) >= 11 is 0. The second-order valence-corrected chi connectivity index (χ2v) is 11.0. The molecule has 0 bridgehead atoms. The Morgan fingerprint density at radius 1 is 1.15 bits per heavy atom. The third-order valence-corrected chi connectivity index (χ3v) is 8.13. The molecule has 6 N–H and O–H groups in total. The Labute approximate surface area is 231 Å². The highest BCUT2D eigenvalue weighted by molar-refractivity contribution is 6.24. The smallest absolute Gasteiger partial charge is 0.342 e. The zero-order valence-electron chi connectivity index (χ0n) is 23.1. The van der Waals surface area contributed by atoms with Crippen molar-refractivity contribution in [3.05, 3.63) is 39.7 Å². The number of benzene rings is 1. The lowest BCUT2D eigenvalue weighted by Gasteiger charge is -2.50. The zero-order valence-corrected chi connectivity index (χ0v) is 23.1. The molecule has 0 radical (unpaired) electrons. The third-order valence-electron chi connectivity index (χ3n) is 8.13. The van der Waals surface area contributed by atoms with E-state index in [1.165, 1.54) is 25.1 Å². The number of Topliss-reactive ketones (excluding diaryl/α,β-unsaturated/α-hetero) is 2. The first kappa shape index (κ1) is 29.1. The number of ether oxygens (including phenoxy) is 1. The fourth-order valence-corrected chi connectivity index (χ4v) is 6.23. The van der Waals surface area contributed by atoms with Crippen molar-refractivity contribution < 1.29 is 44.3 Å². The van der Waals surface area contributed by atoms with Crippen molar-refractivity contribution in [1.29, 1.82) is 0 Å². The molecule has 1 fully saturated rings. The average Bonchev–Trinajstić information content (AvgIpc) is 2.85. The number of amides is 1. The summed E-state index contributed by atoms with van der Waals surface area (Å²) in [5.74, 6) is -8.35. The topological polar surface area (TPSA) is 191 Å². The molecule has 40 heavy (non-hydrogen) atoms. The van der Waals surface area contributed by atoms with Crippen molar-refractivity contribution in [3.63, 3.8) is 0 Å². The highest BCUT2D eigenvalue weighted by Gasteiger charge is 2.64. The van der Waals surface area contributed by atoms with Gasteiger partial charge in [0.1, 0.15) is 28.4 Å². The molecule has 216 valence electrons. The van der Waals surface area contributed by atoms with Crippen LogP contribution in [0.5, 0.6) is 5.75 Å². The van der Waals surface area contributed by atoms with Crippen LogP contribution in [-0.2, 0) is 25.5 Å².